The second-order valence-corrected chi connectivity index (χ2v) is 4.97. The molecule has 1 unspecified atom stereocenters. The Kier molecular flexibility index (Phi) is 5.88. The van der Waals surface area contributed by atoms with Crippen LogP contribution in [0.4, 0.5) is 11.4 Å². The van der Waals surface area contributed by atoms with Crippen LogP contribution >= 0.6 is 0 Å². The minimum absolute atomic E-state index is 0.522. The normalized spacial score (nSPS) is 12.4. The van der Waals surface area contributed by atoms with Gasteiger partial charge in [0.05, 0.1) is 0 Å². The summed E-state index contributed by atoms with van der Waals surface area (Å²) in [5.74, 6) is 0. The zero-order valence-corrected chi connectivity index (χ0v) is 11.4. The van der Waals surface area contributed by atoms with Crippen LogP contribution in [0.2, 0.25) is 0 Å². The summed E-state index contributed by atoms with van der Waals surface area (Å²) in [5, 5.41) is 3.51. The lowest BCUT2D eigenvalue weighted by atomic mass is 10.1. The number of nitrogen functional groups attached to an aromatic ring is 1. The molecule has 0 radical (unpaired) electrons. The fourth-order valence-electron chi connectivity index (χ4n) is 1.96. The van der Waals surface area contributed by atoms with Crippen LogP contribution in [0.5, 0.6) is 0 Å². The summed E-state index contributed by atoms with van der Waals surface area (Å²) in [7, 11) is 0. The van der Waals surface area contributed by atoms with Crippen LogP contribution in [0.3, 0.4) is 0 Å². The average Bonchev–Trinajstić information content (AvgIpc) is 2.30. The van der Waals surface area contributed by atoms with Gasteiger partial charge in [0.15, 0.2) is 0 Å². The molecule has 0 amide bonds. The van der Waals surface area contributed by atoms with Crippen LogP contribution in [-0.4, -0.2) is 6.04 Å². The molecule has 0 fully saturated rings. The molecule has 1 atom stereocenters. The molecule has 0 spiro atoms. The third-order valence-corrected chi connectivity index (χ3v) is 3.18. The Morgan fingerprint density at radius 3 is 2.65 bits per heavy atom. The van der Waals surface area contributed by atoms with E-state index in [0.29, 0.717) is 6.04 Å². The number of nitrogens with one attached hydrogen (secondary N) is 1. The molecule has 0 aliphatic rings. The topological polar surface area (TPSA) is 38.0 Å². The molecule has 0 saturated carbocycles. The highest BCUT2D eigenvalue weighted by molar-refractivity contribution is 5.58. The summed E-state index contributed by atoms with van der Waals surface area (Å²) in [6, 6.07) is 6.72. The third kappa shape index (κ3) is 5.12. The molecule has 2 heteroatoms. The van der Waals surface area contributed by atoms with E-state index in [9.17, 15) is 0 Å². The summed E-state index contributed by atoms with van der Waals surface area (Å²) in [5.41, 5.74) is 9.04. The molecule has 96 valence electrons. The van der Waals surface area contributed by atoms with E-state index in [1.165, 1.54) is 32.1 Å². The summed E-state index contributed by atoms with van der Waals surface area (Å²) in [4.78, 5) is 0. The number of hydrogen-bond acceptors (Lipinski definition) is 2. The van der Waals surface area contributed by atoms with Crippen LogP contribution < -0.4 is 11.1 Å². The third-order valence-electron chi connectivity index (χ3n) is 3.18. The smallest absolute Gasteiger partial charge is 0.0364 e. The highest BCUT2D eigenvalue weighted by atomic mass is 14.9. The number of aryl methyl sites for hydroxylation is 1. The van der Waals surface area contributed by atoms with E-state index in [4.69, 9.17) is 5.73 Å². The van der Waals surface area contributed by atoms with Crippen molar-refractivity contribution in [1.82, 2.24) is 0 Å². The Labute approximate surface area is 106 Å². The summed E-state index contributed by atoms with van der Waals surface area (Å²) in [6.07, 6.45) is 6.54. The molecule has 0 aliphatic heterocycles. The molecule has 0 bridgehead atoms. The number of rotatable bonds is 7. The summed E-state index contributed by atoms with van der Waals surface area (Å²) in [6.45, 7) is 6.52. The maximum atomic E-state index is 5.90. The molecule has 1 aromatic carbocycles. The van der Waals surface area contributed by atoms with Crippen molar-refractivity contribution in [3.05, 3.63) is 23.8 Å². The molecule has 3 N–H and O–H groups in total. The predicted molar refractivity (Wildman–Crippen MR) is 77.4 cm³/mol. The number of hydrogen-bond donors (Lipinski definition) is 2. The molecule has 17 heavy (non-hydrogen) atoms. The lowest BCUT2D eigenvalue weighted by Gasteiger charge is -2.16. The molecule has 0 heterocycles. The lowest BCUT2D eigenvalue weighted by molar-refractivity contribution is 0.594. The minimum Gasteiger partial charge on any atom is -0.398 e. The van der Waals surface area contributed by atoms with Gasteiger partial charge in [-0.05, 0) is 38.0 Å². The lowest BCUT2D eigenvalue weighted by Crippen LogP contribution is -2.15. The van der Waals surface area contributed by atoms with Gasteiger partial charge in [0, 0.05) is 17.4 Å². The van der Waals surface area contributed by atoms with Crippen molar-refractivity contribution >= 4 is 11.4 Å². The van der Waals surface area contributed by atoms with Gasteiger partial charge < -0.3 is 11.1 Å². The van der Waals surface area contributed by atoms with E-state index in [-0.39, 0.29) is 0 Å². The highest BCUT2D eigenvalue weighted by Gasteiger charge is 2.02. The molecule has 1 rings (SSSR count). The first kappa shape index (κ1) is 13.9. The second-order valence-electron chi connectivity index (χ2n) is 4.97. The summed E-state index contributed by atoms with van der Waals surface area (Å²) >= 11 is 0. The zero-order valence-electron chi connectivity index (χ0n) is 11.4. The fourth-order valence-corrected chi connectivity index (χ4v) is 1.96. The number of unbranched alkanes of at least 4 members (excludes halogenated alkanes) is 3. The van der Waals surface area contributed by atoms with Crippen LogP contribution in [0, 0.1) is 6.92 Å². The van der Waals surface area contributed by atoms with Crippen LogP contribution in [0.15, 0.2) is 18.2 Å². The molecule has 0 aromatic heterocycles. The fraction of sp³-hybridized carbons (Fsp3) is 0.600. The molecule has 2 nitrogen and oxygen atoms in total. The SMILES string of the molecule is CCCCCCC(C)Nc1ccc(C)c(N)c1. The van der Waals surface area contributed by atoms with E-state index in [0.717, 1.165) is 16.9 Å². The molecular formula is C15H26N2. The van der Waals surface area contributed by atoms with Gasteiger partial charge in [-0.3, -0.25) is 0 Å². The van der Waals surface area contributed by atoms with Gasteiger partial charge in [0.2, 0.25) is 0 Å². The first-order valence-electron chi connectivity index (χ1n) is 6.76. The Morgan fingerprint density at radius 1 is 1.24 bits per heavy atom. The standard InChI is InChI=1S/C15H26N2/c1-4-5-6-7-8-13(3)17-14-10-9-12(2)15(16)11-14/h9-11,13,17H,4-8,16H2,1-3H3. The van der Waals surface area contributed by atoms with Crippen LogP contribution in [0.1, 0.15) is 51.5 Å². The van der Waals surface area contributed by atoms with Gasteiger partial charge in [0.1, 0.15) is 0 Å². The first-order chi connectivity index (χ1) is 8.13. The Bertz CT molecular complexity index is 334. The quantitative estimate of drug-likeness (QED) is 0.544. The Balaban J connectivity index is 2.34. The van der Waals surface area contributed by atoms with E-state index in [2.05, 4.69) is 31.3 Å². The van der Waals surface area contributed by atoms with Crippen molar-refractivity contribution in [2.24, 2.45) is 0 Å². The first-order valence-corrected chi connectivity index (χ1v) is 6.76. The van der Waals surface area contributed by atoms with Crippen molar-refractivity contribution < 1.29 is 0 Å². The van der Waals surface area contributed by atoms with Gasteiger partial charge in [-0.1, -0.05) is 38.7 Å². The minimum atomic E-state index is 0.522. The molecule has 0 saturated heterocycles. The number of anilines is 2. The largest absolute Gasteiger partial charge is 0.398 e. The van der Waals surface area contributed by atoms with Crippen LogP contribution in [-0.2, 0) is 0 Å². The van der Waals surface area contributed by atoms with Crippen molar-refractivity contribution in [3.63, 3.8) is 0 Å². The van der Waals surface area contributed by atoms with E-state index >= 15 is 0 Å². The molecule has 0 aliphatic carbocycles. The summed E-state index contributed by atoms with van der Waals surface area (Å²) < 4.78 is 0. The van der Waals surface area contributed by atoms with Crippen molar-refractivity contribution in [1.29, 1.82) is 0 Å². The number of nitrogens with two attached hydrogens (primary N) is 1. The van der Waals surface area contributed by atoms with Gasteiger partial charge >= 0.3 is 0 Å². The molecular weight excluding hydrogens is 208 g/mol. The van der Waals surface area contributed by atoms with Crippen molar-refractivity contribution in [2.45, 2.75) is 58.9 Å². The average molecular weight is 234 g/mol. The zero-order chi connectivity index (χ0) is 12.7. The maximum Gasteiger partial charge on any atom is 0.0364 e. The van der Waals surface area contributed by atoms with Gasteiger partial charge in [0.25, 0.3) is 0 Å². The van der Waals surface area contributed by atoms with Crippen LogP contribution in [0.25, 0.3) is 0 Å². The van der Waals surface area contributed by atoms with E-state index in [1.54, 1.807) is 0 Å². The van der Waals surface area contributed by atoms with E-state index < -0.39 is 0 Å². The maximum absolute atomic E-state index is 5.90. The second kappa shape index (κ2) is 7.21. The monoisotopic (exact) mass is 234 g/mol. The Morgan fingerprint density at radius 2 is 2.00 bits per heavy atom. The van der Waals surface area contributed by atoms with Gasteiger partial charge in [-0.25, -0.2) is 0 Å². The Hall–Kier alpha value is -1.18. The van der Waals surface area contributed by atoms with Crippen molar-refractivity contribution in [2.75, 3.05) is 11.1 Å². The predicted octanol–water partition coefficient (Wildman–Crippen LogP) is 4.35. The van der Waals surface area contributed by atoms with Gasteiger partial charge in [-0.15, -0.1) is 0 Å². The van der Waals surface area contributed by atoms with Crippen molar-refractivity contribution in [3.8, 4) is 0 Å². The van der Waals surface area contributed by atoms with E-state index in [1.807, 2.05) is 13.0 Å². The highest BCUT2D eigenvalue weighted by Crippen LogP contribution is 2.18. The number of benzene rings is 1. The van der Waals surface area contributed by atoms with Gasteiger partial charge in [-0.2, -0.15) is 0 Å². The molecule has 1 aromatic rings.